The van der Waals surface area contributed by atoms with E-state index in [1.165, 1.54) is 4.90 Å². The summed E-state index contributed by atoms with van der Waals surface area (Å²) in [7, 11) is 0. The van der Waals surface area contributed by atoms with Crippen molar-refractivity contribution in [3.8, 4) is 0 Å². The molecule has 7 nitrogen and oxygen atoms in total. The summed E-state index contributed by atoms with van der Waals surface area (Å²) in [6.45, 7) is 2.18. The maximum Gasteiger partial charge on any atom is 0.410 e. The van der Waals surface area contributed by atoms with Gasteiger partial charge in [-0.3, -0.25) is 9.59 Å². The molecule has 1 heterocycles. The summed E-state index contributed by atoms with van der Waals surface area (Å²) in [5.41, 5.74) is -0.707. The van der Waals surface area contributed by atoms with Crippen LogP contribution in [0, 0.1) is 5.41 Å². The lowest BCUT2D eigenvalue weighted by Crippen LogP contribution is -2.51. The summed E-state index contributed by atoms with van der Waals surface area (Å²) in [6, 6.07) is 9.27. The highest BCUT2D eigenvalue weighted by atomic mass is 16.6. The summed E-state index contributed by atoms with van der Waals surface area (Å²) in [4.78, 5) is 37.1. The Morgan fingerprint density at radius 1 is 1.12 bits per heavy atom. The summed E-state index contributed by atoms with van der Waals surface area (Å²) in [6.07, 6.45) is -0.481. The predicted octanol–water partition coefficient (Wildman–Crippen LogP) is 2.05. The number of esters is 1. The van der Waals surface area contributed by atoms with Crippen LogP contribution in [0.2, 0.25) is 0 Å². The molecule has 0 spiro atoms. The van der Waals surface area contributed by atoms with Gasteiger partial charge < -0.3 is 19.5 Å². The summed E-state index contributed by atoms with van der Waals surface area (Å²) >= 11 is 0. The van der Waals surface area contributed by atoms with Gasteiger partial charge in [-0.15, -0.1) is 0 Å². The lowest BCUT2D eigenvalue weighted by Gasteiger charge is -2.36. The van der Waals surface area contributed by atoms with Crippen molar-refractivity contribution in [1.82, 2.24) is 4.90 Å². The SMILES string of the molecule is CCOC(=O)C1(C(=O)O)CCN(C(=O)OCc2ccccc2)CC1. The monoisotopic (exact) mass is 335 g/mol. The largest absolute Gasteiger partial charge is 0.480 e. The van der Waals surface area contributed by atoms with Gasteiger partial charge in [-0.1, -0.05) is 30.3 Å². The Morgan fingerprint density at radius 3 is 2.29 bits per heavy atom. The highest BCUT2D eigenvalue weighted by Crippen LogP contribution is 2.33. The summed E-state index contributed by atoms with van der Waals surface area (Å²) < 4.78 is 10.1. The molecular weight excluding hydrogens is 314 g/mol. The molecule has 0 aromatic heterocycles. The number of likely N-dealkylation sites (tertiary alicyclic amines) is 1. The Morgan fingerprint density at radius 2 is 1.75 bits per heavy atom. The number of benzene rings is 1. The number of hydrogen-bond donors (Lipinski definition) is 1. The van der Waals surface area contributed by atoms with Crippen molar-refractivity contribution >= 4 is 18.0 Å². The molecule has 0 bridgehead atoms. The molecule has 7 heteroatoms. The highest BCUT2D eigenvalue weighted by molar-refractivity contribution is 5.99. The number of ether oxygens (including phenoxy) is 2. The second-order valence-corrected chi connectivity index (χ2v) is 5.63. The minimum atomic E-state index is -1.58. The average Bonchev–Trinajstić information content (AvgIpc) is 2.60. The smallest absolute Gasteiger partial charge is 0.410 e. The van der Waals surface area contributed by atoms with Crippen LogP contribution in [0.4, 0.5) is 4.79 Å². The number of carboxylic acids is 1. The molecule has 1 fully saturated rings. The minimum absolute atomic E-state index is 0.0155. The molecule has 24 heavy (non-hydrogen) atoms. The zero-order valence-electron chi connectivity index (χ0n) is 13.6. The zero-order chi connectivity index (χ0) is 17.6. The van der Waals surface area contributed by atoms with Crippen molar-refractivity contribution in [3.63, 3.8) is 0 Å². The second kappa shape index (κ2) is 7.81. The molecule has 1 N–H and O–H groups in total. The Labute approximate surface area is 140 Å². The van der Waals surface area contributed by atoms with Crippen molar-refractivity contribution in [2.75, 3.05) is 19.7 Å². The summed E-state index contributed by atoms with van der Waals surface area (Å²) in [5, 5.41) is 9.43. The van der Waals surface area contributed by atoms with Gasteiger partial charge in [-0.2, -0.15) is 0 Å². The molecule has 130 valence electrons. The van der Waals surface area contributed by atoms with Gasteiger partial charge in [-0.25, -0.2) is 4.79 Å². The van der Waals surface area contributed by atoms with Crippen LogP contribution in [0.1, 0.15) is 25.3 Å². The highest BCUT2D eigenvalue weighted by Gasteiger charge is 2.50. The van der Waals surface area contributed by atoms with E-state index in [4.69, 9.17) is 9.47 Å². The van der Waals surface area contributed by atoms with Crippen molar-refractivity contribution in [2.45, 2.75) is 26.4 Å². The molecule has 1 aromatic carbocycles. The first-order chi connectivity index (χ1) is 11.5. The fraction of sp³-hybridized carbons (Fsp3) is 0.471. The van der Waals surface area contributed by atoms with Gasteiger partial charge in [0.2, 0.25) is 0 Å². The van der Waals surface area contributed by atoms with Crippen molar-refractivity contribution in [1.29, 1.82) is 0 Å². The Hall–Kier alpha value is -2.57. The van der Waals surface area contributed by atoms with Crippen molar-refractivity contribution in [3.05, 3.63) is 35.9 Å². The molecule has 1 aliphatic heterocycles. The maximum absolute atomic E-state index is 12.1. The quantitative estimate of drug-likeness (QED) is 0.654. The molecular formula is C17H21NO6. The molecule has 1 aliphatic rings. The third kappa shape index (κ3) is 3.84. The van der Waals surface area contributed by atoms with E-state index < -0.39 is 23.4 Å². The van der Waals surface area contributed by atoms with Crippen LogP contribution in [-0.4, -0.2) is 47.7 Å². The lowest BCUT2D eigenvalue weighted by atomic mass is 9.78. The molecule has 0 aliphatic carbocycles. The van der Waals surface area contributed by atoms with E-state index in [-0.39, 0.29) is 39.1 Å². The van der Waals surface area contributed by atoms with Crippen LogP contribution in [0.25, 0.3) is 0 Å². The molecule has 1 saturated heterocycles. The van der Waals surface area contributed by atoms with E-state index in [2.05, 4.69) is 0 Å². The second-order valence-electron chi connectivity index (χ2n) is 5.63. The van der Waals surface area contributed by atoms with Gasteiger partial charge in [0.25, 0.3) is 0 Å². The molecule has 0 saturated carbocycles. The Kier molecular flexibility index (Phi) is 5.78. The minimum Gasteiger partial charge on any atom is -0.480 e. The van der Waals surface area contributed by atoms with Gasteiger partial charge in [0, 0.05) is 13.1 Å². The van der Waals surface area contributed by atoms with Crippen LogP contribution in [-0.2, 0) is 25.7 Å². The van der Waals surface area contributed by atoms with Gasteiger partial charge in [0.1, 0.15) is 6.61 Å². The Balaban J connectivity index is 1.91. The van der Waals surface area contributed by atoms with E-state index >= 15 is 0 Å². The molecule has 1 amide bonds. The molecule has 0 unspecified atom stereocenters. The first-order valence-electron chi connectivity index (χ1n) is 7.86. The number of piperidine rings is 1. The number of amides is 1. The number of carbonyl (C=O) groups excluding carboxylic acids is 2. The number of nitrogens with zero attached hydrogens (tertiary/aromatic N) is 1. The Bertz CT molecular complexity index is 592. The van der Waals surface area contributed by atoms with Crippen LogP contribution in [0.3, 0.4) is 0 Å². The third-order valence-corrected chi connectivity index (χ3v) is 4.16. The number of hydrogen-bond acceptors (Lipinski definition) is 5. The predicted molar refractivity (Wildman–Crippen MR) is 84.1 cm³/mol. The third-order valence-electron chi connectivity index (χ3n) is 4.16. The van der Waals surface area contributed by atoms with E-state index in [1.807, 2.05) is 30.3 Å². The molecule has 0 atom stereocenters. The first kappa shape index (κ1) is 17.8. The number of carboxylic acid groups (broad SMARTS) is 1. The number of aliphatic carboxylic acids is 1. The van der Waals surface area contributed by atoms with Crippen molar-refractivity contribution < 1.29 is 29.0 Å². The van der Waals surface area contributed by atoms with E-state index in [0.717, 1.165) is 5.56 Å². The van der Waals surface area contributed by atoms with Crippen LogP contribution in [0.15, 0.2) is 30.3 Å². The standard InChI is InChI=1S/C17H21NO6/c1-2-23-15(21)17(14(19)20)8-10-18(11-9-17)16(22)24-12-13-6-4-3-5-7-13/h3-7H,2,8-12H2,1H3,(H,19,20). The van der Waals surface area contributed by atoms with Crippen LogP contribution in [0.5, 0.6) is 0 Å². The van der Waals surface area contributed by atoms with Gasteiger partial charge in [0.05, 0.1) is 6.61 Å². The average molecular weight is 335 g/mol. The summed E-state index contributed by atoms with van der Waals surface area (Å²) in [5.74, 6) is -1.95. The maximum atomic E-state index is 12.1. The molecule has 0 radical (unpaired) electrons. The zero-order valence-corrected chi connectivity index (χ0v) is 13.6. The fourth-order valence-corrected chi connectivity index (χ4v) is 2.66. The topological polar surface area (TPSA) is 93.1 Å². The van der Waals surface area contributed by atoms with Crippen LogP contribution < -0.4 is 0 Å². The normalized spacial score (nSPS) is 16.3. The lowest BCUT2D eigenvalue weighted by molar-refractivity contribution is -0.172. The van der Waals surface area contributed by atoms with E-state index in [9.17, 15) is 19.5 Å². The van der Waals surface area contributed by atoms with E-state index in [1.54, 1.807) is 6.92 Å². The first-order valence-corrected chi connectivity index (χ1v) is 7.86. The van der Waals surface area contributed by atoms with E-state index in [0.29, 0.717) is 0 Å². The molecule has 1 aromatic rings. The molecule has 2 rings (SSSR count). The van der Waals surface area contributed by atoms with Gasteiger partial charge >= 0.3 is 18.0 Å². The number of rotatable bonds is 5. The number of carbonyl (C=O) groups is 3. The van der Waals surface area contributed by atoms with Gasteiger partial charge in [0.15, 0.2) is 5.41 Å². The van der Waals surface area contributed by atoms with Crippen LogP contribution >= 0.6 is 0 Å². The fourth-order valence-electron chi connectivity index (χ4n) is 2.66. The van der Waals surface area contributed by atoms with Gasteiger partial charge in [-0.05, 0) is 25.3 Å². The van der Waals surface area contributed by atoms with Crippen molar-refractivity contribution in [2.24, 2.45) is 5.41 Å².